The Morgan fingerprint density at radius 1 is 1.25 bits per heavy atom. The van der Waals surface area contributed by atoms with E-state index < -0.39 is 0 Å². The zero-order chi connectivity index (χ0) is 11.4. The maximum Gasteiger partial charge on any atom is 0.228 e. The Morgan fingerprint density at radius 3 is 2.62 bits per heavy atom. The molecule has 0 amide bonds. The first-order valence-corrected chi connectivity index (χ1v) is 6.17. The highest BCUT2D eigenvalue weighted by Crippen LogP contribution is 2.27. The number of ether oxygens (including phenoxy) is 1. The quantitative estimate of drug-likeness (QED) is 0.808. The summed E-state index contributed by atoms with van der Waals surface area (Å²) in [6, 6.07) is 10.5. The largest absolute Gasteiger partial charge is 0.480 e. The predicted octanol–water partition coefficient (Wildman–Crippen LogP) is 3.30. The van der Waals surface area contributed by atoms with Gasteiger partial charge in [-0.1, -0.05) is 37.3 Å². The summed E-state index contributed by atoms with van der Waals surface area (Å²) in [6.07, 6.45) is 1.92. The van der Waals surface area contributed by atoms with E-state index in [0.717, 1.165) is 18.7 Å². The van der Waals surface area contributed by atoms with Crippen LogP contribution in [-0.4, -0.2) is 11.5 Å². The number of benzene rings is 1. The first kappa shape index (κ1) is 11.1. The van der Waals surface area contributed by atoms with Gasteiger partial charge in [0, 0.05) is 16.9 Å². The Morgan fingerprint density at radius 2 is 2.00 bits per heavy atom. The van der Waals surface area contributed by atoms with Crippen molar-refractivity contribution in [1.29, 1.82) is 0 Å². The Labute approximate surface area is 100 Å². The molecule has 0 aliphatic heterocycles. The summed E-state index contributed by atoms with van der Waals surface area (Å²) in [5.41, 5.74) is 2.57. The number of hydrogen-bond acceptors (Lipinski definition) is 3. The Kier molecular flexibility index (Phi) is 3.57. The SMILES string of the molecule is CCc1c(OC)nsc1Cc1ccccc1. The van der Waals surface area contributed by atoms with Crippen LogP contribution in [0.3, 0.4) is 0 Å². The van der Waals surface area contributed by atoms with Crippen LogP contribution < -0.4 is 4.74 Å². The molecule has 2 aromatic rings. The van der Waals surface area contributed by atoms with Crippen molar-refractivity contribution in [2.75, 3.05) is 7.11 Å². The number of rotatable bonds is 4. The lowest BCUT2D eigenvalue weighted by atomic mass is 10.1. The number of nitrogens with zero attached hydrogens (tertiary/aromatic N) is 1. The van der Waals surface area contributed by atoms with Gasteiger partial charge in [0.2, 0.25) is 5.88 Å². The molecule has 1 aromatic heterocycles. The van der Waals surface area contributed by atoms with Crippen molar-refractivity contribution in [2.24, 2.45) is 0 Å². The molecule has 0 unspecified atom stereocenters. The maximum atomic E-state index is 5.25. The highest BCUT2D eigenvalue weighted by atomic mass is 32.1. The van der Waals surface area contributed by atoms with Crippen LogP contribution in [0.4, 0.5) is 0 Å². The van der Waals surface area contributed by atoms with Crippen molar-refractivity contribution < 1.29 is 4.74 Å². The number of methoxy groups -OCH3 is 1. The van der Waals surface area contributed by atoms with Gasteiger partial charge >= 0.3 is 0 Å². The third-order valence-corrected chi connectivity index (χ3v) is 3.46. The fraction of sp³-hybridized carbons (Fsp3) is 0.308. The zero-order valence-corrected chi connectivity index (χ0v) is 10.4. The minimum absolute atomic E-state index is 0.790. The molecule has 0 atom stereocenters. The topological polar surface area (TPSA) is 22.1 Å². The van der Waals surface area contributed by atoms with E-state index in [-0.39, 0.29) is 0 Å². The molecule has 0 aliphatic rings. The van der Waals surface area contributed by atoms with Crippen LogP contribution in [0.2, 0.25) is 0 Å². The Balaban J connectivity index is 2.25. The summed E-state index contributed by atoms with van der Waals surface area (Å²) in [4.78, 5) is 1.31. The first-order valence-electron chi connectivity index (χ1n) is 5.40. The molecular weight excluding hydrogens is 218 g/mol. The minimum atomic E-state index is 0.790. The highest BCUT2D eigenvalue weighted by molar-refractivity contribution is 7.06. The van der Waals surface area contributed by atoms with Crippen molar-refractivity contribution in [3.8, 4) is 5.88 Å². The van der Waals surface area contributed by atoms with Crippen LogP contribution in [0.5, 0.6) is 5.88 Å². The van der Waals surface area contributed by atoms with Crippen LogP contribution >= 0.6 is 11.5 Å². The van der Waals surface area contributed by atoms with Gasteiger partial charge < -0.3 is 4.74 Å². The lowest BCUT2D eigenvalue weighted by molar-refractivity contribution is 0.398. The summed E-state index contributed by atoms with van der Waals surface area (Å²) < 4.78 is 9.57. The zero-order valence-electron chi connectivity index (χ0n) is 9.56. The molecular formula is C13H15NOS. The van der Waals surface area contributed by atoms with Gasteiger partial charge in [-0.05, 0) is 23.5 Å². The molecule has 84 valence electrons. The van der Waals surface area contributed by atoms with E-state index in [1.54, 1.807) is 18.6 Å². The molecule has 1 heterocycles. The molecule has 0 spiro atoms. The third kappa shape index (κ3) is 2.25. The number of aromatic nitrogens is 1. The fourth-order valence-corrected chi connectivity index (χ4v) is 2.71. The van der Waals surface area contributed by atoms with Gasteiger partial charge in [-0.15, -0.1) is 0 Å². The predicted molar refractivity (Wildman–Crippen MR) is 67.3 cm³/mol. The van der Waals surface area contributed by atoms with Crippen LogP contribution in [0.1, 0.15) is 22.9 Å². The van der Waals surface area contributed by atoms with Crippen molar-refractivity contribution in [1.82, 2.24) is 4.37 Å². The van der Waals surface area contributed by atoms with Gasteiger partial charge in [0.1, 0.15) is 0 Å². The number of hydrogen-bond donors (Lipinski definition) is 0. The summed E-state index contributed by atoms with van der Waals surface area (Å²) in [6.45, 7) is 2.14. The molecule has 16 heavy (non-hydrogen) atoms. The molecule has 1 aromatic carbocycles. The summed E-state index contributed by atoms with van der Waals surface area (Å²) >= 11 is 1.55. The Hall–Kier alpha value is -1.35. The lowest BCUT2D eigenvalue weighted by Crippen LogP contribution is -1.92. The molecule has 0 bridgehead atoms. The molecule has 2 rings (SSSR count). The van der Waals surface area contributed by atoms with Crippen molar-refractivity contribution in [3.05, 3.63) is 46.3 Å². The molecule has 0 N–H and O–H groups in total. The molecule has 3 heteroatoms. The molecule has 0 saturated heterocycles. The van der Waals surface area contributed by atoms with E-state index in [4.69, 9.17) is 4.74 Å². The van der Waals surface area contributed by atoms with Gasteiger partial charge in [0.25, 0.3) is 0 Å². The van der Waals surface area contributed by atoms with Gasteiger partial charge in [0.15, 0.2) is 0 Å². The lowest BCUT2D eigenvalue weighted by Gasteiger charge is -2.02. The van der Waals surface area contributed by atoms with Gasteiger partial charge in [-0.3, -0.25) is 0 Å². The molecule has 0 saturated carbocycles. The first-order chi connectivity index (χ1) is 7.85. The van der Waals surface area contributed by atoms with E-state index in [1.807, 2.05) is 6.07 Å². The summed E-state index contributed by atoms with van der Waals surface area (Å²) in [5, 5.41) is 0. The van der Waals surface area contributed by atoms with Gasteiger partial charge in [-0.2, -0.15) is 4.37 Å². The van der Waals surface area contributed by atoms with Crippen LogP contribution in [0.15, 0.2) is 30.3 Å². The second-order valence-electron chi connectivity index (χ2n) is 3.61. The third-order valence-electron chi connectivity index (χ3n) is 2.59. The normalized spacial score (nSPS) is 10.4. The summed E-state index contributed by atoms with van der Waals surface area (Å²) in [7, 11) is 1.68. The fourth-order valence-electron chi connectivity index (χ4n) is 1.76. The summed E-state index contributed by atoms with van der Waals surface area (Å²) in [5.74, 6) is 0.790. The smallest absolute Gasteiger partial charge is 0.228 e. The molecule has 0 aliphatic carbocycles. The van der Waals surface area contributed by atoms with E-state index in [2.05, 4.69) is 35.6 Å². The average molecular weight is 233 g/mol. The average Bonchev–Trinajstić information content (AvgIpc) is 2.72. The highest BCUT2D eigenvalue weighted by Gasteiger charge is 2.12. The van der Waals surface area contributed by atoms with E-state index >= 15 is 0 Å². The van der Waals surface area contributed by atoms with Crippen molar-refractivity contribution >= 4 is 11.5 Å². The van der Waals surface area contributed by atoms with E-state index in [0.29, 0.717) is 0 Å². The van der Waals surface area contributed by atoms with E-state index in [9.17, 15) is 0 Å². The van der Waals surface area contributed by atoms with Crippen LogP contribution in [-0.2, 0) is 12.8 Å². The standard InChI is InChI=1S/C13H15NOS/c1-3-11-12(16-14-13(11)15-2)9-10-7-5-4-6-8-10/h4-8H,3,9H2,1-2H3. The van der Waals surface area contributed by atoms with Crippen molar-refractivity contribution in [2.45, 2.75) is 19.8 Å². The molecule has 0 fully saturated rings. The second kappa shape index (κ2) is 5.12. The van der Waals surface area contributed by atoms with Crippen LogP contribution in [0.25, 0.3) is 0 Å². The van der Waals surface area contributed by atoms with Crippen molar-refractivity contribution in [3.63, 3.8) is 0 Å². The Bertz CT molecular complexity index is 450. The second-order valence-corrected chi connectivity index (χ2v) is 4.47. The monoisotopic (exact) mass is 233 g/mol. The molecule has 0 radical (unpaired) electrons. The van der Waals surface area contributed by atoms with Gasteiger partial charge in [0.05, 0.1) is 7.11 Å². The molecule has 2 nitrogen and oxygen atoms in total. The van der Waals surface area contributed by atoms with Gasteiger partial charge in [-0.25, -0.2) is 0 Å². The van der Waals surface area contributed by atoms with Crippen LogP contribution in [0, 0.1) is 0 Å². The minimum Gasteiger partial charge on any atom is -0.480 e. The van der Waals surface area contributed by atoms with E-state index in [1.165, 1.54) is 16.0 Å². The maximum absolute atomic E-state index is 5.25.